The van der Waals surface area contributed by atoms with Crippen LogP contribution in [-0.4, -0.2) is 19.5 Å². The molecule has 92 valence electrons. The highest BCUT2D eigenvalue weighted by Gasteiger charge is 2.35. The van der Waals surface area contributed by atoms with Crippen LogP contribution in [0.1, 0.15) is 12.8 Å². The normalized spacial score (nSPS) is 29.5. The predicted molar refractivity (Wildman–Crippen MR) is 69.2 cm³/mol. The van der Waals surface area contributed by atoms with Gasteiger partial charge in [-0.3, -0.25) is 0 Å². The molecule has 2 aromatic heterocycles. The molecule has 2 aliphatic rings. The average molecular weight is 261 g/mol. The average Bonchev–Trinajstić information content (AvgIpc) is 3.05. The molecule has 2 heterocycles. The van der Waals surface area contributed by atoms with Gasteiger partial charge in [-0.25, -0.2) is 15.0 Å². The molecule has 2 bridgehead atoms. The lowest BCUT2D eigenvalue weighted by atomic mass is 9.93. The number of halogens is 1. The molecule has 0 aromatic carbocycles. The highest BCUT2D eigenvalue weighted by atomic mass is 35.5. The van der Waals surface area contributed by atoms with Gasteiger partial charge in [-0.05, 0) is 30.6 Å². The Morgan fingerprint density at radius 2 is 2.17 bits per heavy atom. The van der Waals surface area contributed by atoms with Crippen LogP contribution in [0.5, 0.6) is 0 Å². The maximum atomic E-state index is 6.01. The van der Waals surface area contributed by atoms with E-state index in [1.807, 2.05) is 6.33 Å². The predicted octanol–water partition coefficient (Wildman–Crippen LogP) is 2.69. The minimum absolute atomic E-state index is 0.437. The van der Waals surface area contributed by atoms with Crippen molar-refractivity contribution >= 4 is 22.8 Å². The van der Waals surface area contributed by atoms with Crippen molar-refractivity contribution in [3.63, 3.8) is 0 Å². The lowest BCUT2D eigenvalue weighted by Crippen LogP contribution is -2.14. The molecule has 0 aliphatic heterocycles. The van der Waals surface area contributed by atoms with Crippen LogP contribution in [0, 0.1) is 17.8 Å². The Kier molecular flexibility index (Phi) is 2.21. The molecular formula is C13H13ClN4. The SMILES string of the molecule is Clc1ncnc2c1ncn2C[C@H]1C[C@@H]2C=C[C@H]1C2. The molecule has 4 rings (SSSR count). The lowest BCUT2D eigenvalue weighted by Gasteiger charge is -2.18. The van der Waals surface area contributed by atoms with Crippen LogP contribution in [0.4, 0.5) is 0 Å². The van der Waals surface area contributed by atoms with Crippen LogP contribution in [0.3, 0.4) is 0 Å². The van der Waals surface area contributed by atoms with E-state index in [4.69, 9.17) is 11.6 Å². The van der Waals surface area contributed by atoms with Crippen LogP contribution in [0.15, 0.2) is 24.8 Å². The van der Waals surface area contributed by atoms with Gasteiger partial charge in [-0.15, -0.1) is 0 Å². The lowest BCUT2D eigenvalue weighted by molar-refractivity contribution is 0.387. The van der Waals surface area contributed by atoms with Gasteiger partial charge in [0.1, 0.15) is 11.8 Å². The number of rotatable bonds is 2. The molecular weight excluding hydrogens is 248 g/mol. The molecule has 4 nitrogen and oxygen atoms in total. The fourth-order valence-electron chi connectivity index (χ4n) is 3.34. The molecule has 2 aliphatic carbocycles. The van der Waals surface area contributed by atoms with Gasteiger partial charge >= 0.3 is 0 Å². The van der Waals surface area contributed by atoms with E-state index in [1.165, 1.54) is 19.2 Å². The van der Waals surface area contributed by atoms with Crippen molar-refractivity contribution in [1.29, 1.82) is 0 Å². The summed E-state index contributed by atoms with van der Waals surface area (Å²) >= 11 is 6.01. The molecule has 0 radical (unpaired) electrons. The molecule has 0 N–H and O–H groups in total. The van der Waals surface area contributed by atoms with Crippen molar-refractivity contribution in [2.45, 2.75) is 19.4 Å². The van der Waals surface area contributed by atoms with Gasteiger partial charge in [0.25, 0.3) is 0 Å². The number of hydrogen-bond donors (Lipinski definition) is 0. The first-order valence-electron chi connectivity index (χ1n) is 6.31. The van der Waals surface area contributed by atoms with E-state index in [9.17, 15) is 0 Å². The highest BCUT2D eigenvalue weighted by Crippen LogP contribution is 2.44. The summed E-state index contributed by atoms with van der Waals surface area (Å²) in [6.07, 6.45) is 10.7. The van der Waals surface area contributed by atoms with Gasteiger partial charge in [0.2, 0.25) is 0 Å². The van der Waals surface area contributed by atoms with Crippen LogP contribution in [-0.2, 0) is 6.54 Å². The molecule has 5 heteroatoms. The number of nitrogens with zero attached hydrogens (tertiary/aromatic N) is 4. The fraction of sp³-hybridized carbons (Fsp3) is 0.462. The summed E-state index contributed by atoms with van der Waals surface area (Å²) in [6.45, 7) is 0.981. The zero-order valence-corrected chi connectivity index (χ0v) is 10.6. The van der Waals surface area contributed by atoms with E-state index in [1.54, 1.807) is 0 Å². The second-order valence-electron chi connectivity index (χ2n) is 5.27. The third-order valence-electron chi connectivity index (χ3n) is 4.20. The molecule has 3 atom stereocenters. The minimum atomic E-state index is 0.437. The van der Waals surface area contributed by atoms with Gasteiger partial charge in [-0.1, -0.05) is 23.8 Å². The Bertz CT molecular complexity index is 633. The third kappa shape index (κ3) is 1.48. The summed E-state index contributed by atoms with van der Waals surface area (Å²) in [5.41, 5.74) is 1.56. The highest BCUT2D eigenvalue weighted by molar-refractivity contribution is 6.33. The number of imidazole rings is 1. The maximum absolute atomic E-state index is 6.01. The molecule has 2 aromatic rings. The molecule has 0 unspecified atom stereocenters. The van der Waals surface area contributed by atoms with Gasteiger partial charge < -0.3 is 4.57 Å². The van der Waals surface area contributed by atoms with Crippen molar-refractivity contribution in [2.75, 3.05) is 0 Å². The van der Waals surface area contributed by atoms with Crippen molar-refractivity contribution in [3.8, 4) is 0 Å². The van der Waals surface area contributed by atoms with Gasteiger partial charge in [0.15, 0.2) is 10.8 Å². The smallest absolute Gasteiger partial charge is 0.164 e. The summed E-state index contributed by atoms with van der Waals surface area (Å²) < 4.78 is 2.11. The Hall–Kier alpha value is -1.42. The first-order chi connectivity index (χ1) is 8.81. The monoisotopic (exact) mass is 260 g/mol. The molecule has 1 saturated carbocycles. The van der Waals surface area contributed by atoms with Crippen LogP contribution >= 0.6 is 11.6 Å². The van der Waals surface area contributed by atoms with Crippen molar-refractivity contribution in [2.24, 2.45) is 17.8 Å². The number of hydrogen-bond acceptors (Lipinski definition) is 3. The van der Waals surface area contributed by atoms with E-state index in [2.05, 4.69) is 31.7 Å². The zero-order valence-electron chi connectivity index (χ0n) is 9.83. The Labute approximate surface area is 110 Å². The second kappa shape index (κ2) is 3.79. The fourth-order valence-corrected chi connectivity index (χ4v) is 3.52. The van der Waals surface area contributed by atoms with Crippen LogP contribution in [0.25, 0.3) is 11.2 Å². The number of aromatic nitrogens is 4. The molecule has 0 amide bonds. The number of fused-ring (bicyclic) bond motifs is 3. The van der Waals surface area contributed by atoms with Crippen molar-refractivity contribution in [1.82, 2.24) is 19.5 Å². The summed E-state index contributed by atoms with van der Waals surface area (Å²) in [5.74, 6) is 2.25. The molecule has 0 spiro atoms. The summed E-state index contributed by atoms with van der Waals surface area (Å²) in [4.78, 5) is 12.6. The summed E-state index contributed by atoms with van der Waals surface area (Å²) in [6, 6.07) is 0. The Morgan fingerprint density at radius 1 is 1.22 bits per heavy atom. The summed E-state index contributed by atoms with van der Waals surface area (Å²) in [7, 11) is 0. The first-order valence-corrected chi connectivity index (χ1v) is 6.68. The third-order valence-corrected chi connectivity index (χ3v) is 4.48. The second-order valence-corrected chi connectivity index (χ2v) is 5.63. The van der Waals surface area contributed by atoms with Gasteiger partial charge in [0, 0.05) is 6.54 Å². The first kappa shape index (κ1) is 10.5. The molecule has 18 heavy (non-hydrogen) atoms. The quantitative estimate of drug-likeness (QED) is 0.616. The largest absolute Gasteiger partial charge is 0.315 e. The van der Waals surface area contributed by atoms with E-state index >= 15 is 0 Å². The van der Waals surface area contributed by atoms with E-state index in [0.717, 1.165) is 24.0 Å². The van der Waals surface area contributed by atoms with Crippen LogP contribution in [0.2, 0.25) is 5.15 Å². The Balaban J connectivity index is 1.67. The topological polar surface area (TPSA) is 43.6 Å². The minimum Gasteiger partial charge on any atom is -0.315 e. The van der Waals surface area contributed by atoms with E-state index in [0.29, 0.717) is 16.6 Å². The van der Waals surface area contributed by atoms with E-state index in [-0.39, 0.29) is 0 Å². The number of allylic oxidation sites excluding steroid dienone is 2. The van der Waals surface area contributed by atoms with Gasteiger partial charge in [-0.2, -0.15) is 0 Å². The summed E-state index contributed by atoms with van der Waals surface area (Å²) in [5, 5.41) is 0.437. The Morgan fingerprint density at radius 3 is 2.94 bits per heavy atom. The van der Waals surface area contributed by atoms with Crippen LogP contribution < -0.4 is 0 Å². The zero-order chi connectivity index (χ0) is 12.1. The maximum Gasteiger partial charge on any atom is 0.164 e. The van der Waals surface area contributed by atoms with Gasteiger partial charge in [0.05, 0.1) is 6.33 Å². The van der Waals surface area contributed by atoms with Crippen molar-refractivity contribution in [3.05, 3.63) is 30.0 Å². The molecule has 1 fully saturated rings. The van der Waals surface area contributed by atoms with Crippen molar-refractivity contribution < 1.29 is 0 Å². The van der Waals surface area contributed by atoms with E-state index < -0.39 is 0 Å². The molecule has 0 saturated heterocycles. The standard InChI is InChI=1S/C13H13ClN4/c14-12-11-13(16-6-15-12)18(7-17-11)5-10-4-8-1-2-9(10)3-8/h1-2,6-10H,3-5H2/t8-,9+,10-/m1/s1.